The summed E-state index contributed by atoms with van der Waals surface area (Å²) in [5.74, 6) is -2.20. The summed E-state index contributed by atoms with van der Waals surface area (Å²) in [6.07, 6.45) is 1.81. The number of Topliss-reactive ketones (excluding diaryl/α,β-unsaturated/α-hetero) is 1. The van der Waals surface area contributed by atoms with Crippen molar-refractivity contribution in [3.8, 4) is 0 Å². The smallest absolute Gasteiger partial charge is 0.238 e. The lowest BCUT2D eigenvalue weighted by Crippen LogP contribution is -2.46. The summed E-state index contributed by atoms with van der Waals surface area (Å²) in [5.41, 5.74) is -1.26. The molecular weight excluding hydrogens is 276 g/mol. The zero-order chi connectivity index (χ0) is 15.4. The number of rotatable bonds is 2. The van der Waals surface area contributed by atoms with Crippen LogP contribution < -0.4 is 5.32 Å². The number of carbonyl (C=O) groups is 2. The predicted octanol–water partition coefficient (Wildman–Crippen LogP) is 3.30. The first kappa shape index (κ1) is 14.2. The van der Waals surface area contributed by atoms with Crippen LogP contribution >= 0.6 is 0 Å². The molecule has 3 rings (SSSR count). The average Bonchev–Trinajstić information content (AvgIpc) is 2.77. The number of ketones is 1. The lowest BCUT2D eigenvalue weighted by Gasteiger charge is -2.34. The molecule has 112 valence electrons. The fourth-order valence-electron chi connectivity index (χ4n) is 4.02. The maximum absolute atomic E-state index is 13.2. The highest BCUT2D eigenvalue weighted by atomic mass is 19.2. The van der Waals surface area contributed by atoms with Crippen LogP contribution in [0, 0.1) is 28.4 Å². The number of fused-ring (bicyclic) bond motifs is 2. The average molecular weight is 293 g/mol. The maximum Gasteiger partial charge on any atom is 0.238 e. The van der Waals surface area contributed by atoms with E-state index in [1.807, 2.05) is 13.8 Å². The molecule has 0 aromatic heterocycles. The first-order valence-corrected chi connectivity index (χ1v) is 7.09. The molecule has 5 heteroatoms. The van der Waals surface area contributed by atoms with Gasteiger partial charge < -0.3 is 5.32 Å². The molecule has 21 heavy (non-hydrogen) atoms. The molecule has 1 aromatic rings. The standard InChI is InChI=1S/C16H17F2NO2/c1-15(2)9-5-6-16(15,13(20)7-9)14(21)19-10-3-4-11(17)12(18)8-10/h3-4,8-9H,5-7H2,1-2H3,(H,19,21)/t9-,16-/m1/s1. The number of carbonyl (C=O) groups excluding carboxylic acids is 2. The molecule has 2 atom stereocenters. The summed E-state index contributed by atoms with van der Waals surface area (Å²) in [6, 6.07) is 3.19. The van der Waals surface area contributed by atoms with Crippen molar-refractivity contribution in [3.05, 3.63) is 29.8 Å². The van der Waals surface area contributed by atoms with Crippen molar-refractivity contribution in [2.75, 3.05) is 5.32 Å². The van der Waals surface area contributed by atoms with Gasteiger partial charge in [0.05, 0.1) is 0 Å². The minimum Gasteiger partial charge on any atom is -0.325 e. The van der Waals surface area contributed by atoms with E-state index < -0.39 is 28.4 Å². The van der Waals surface area contributed by atoms with Gasteiger partial charge in [0.15, 0.2) is 11.6 Å². The summed E-state index contributed by atoms with van der Waals surface area (Å²) in [6.45, 7) is 3.89. The number of nitrogens with one attached hydrogen (secondary N) is 1. The SMILES string of the molecule is CC1(C)[C@@H]2CC[C@]1(C(=O)Nc1ccc(F)c(F)c1)C(=O)C2. The van der Waals surface area contributed by atoms with Crippen molar-refractivity contribution in [1.82, 2.24) is 0 Å². The normalized spacial score (nSPS) is 29.7. The summed E-state index contributed by atoms with van der Waals surface area (Å²) < 4.78 is 26.2. The molecule has 0 heterocycles. The van der Waals surface area contributed by atoms with Gasteiger partial charge in [-0.25, -0.2) is 8.78 Å². The molecule has 0 unspecified atom stereocenters. The molecule has 3 nitrogen and oxygen atoms in total. The van der Waals surface area contributed by atoms with E-state index in [0.717, 1.165) is 18.6 Å². The van der Waals surface area contributed by atoms with Gasteiger partial charge in [-0.3, -0.25) is 9.59 Å². The second kappa shape index (κ2) is 4.36. The Hall–Kier alpha value is -1.78. The first-order valence-electron chi connectivity index (χ1n) is 7.09. The van der Waals surface area contributed by atoms with E-state index in [9.17, 15) is 18.4 Å². The molecule has 1 N–H and O–H groups in total. The van der Waals surface area contributed by atoms with E-state index in [0.29, 0.717) is 12.8 Å². The lowest BCUT2D eigenvalue weighted by molar-refractivity contribution is -0.141. The quantitative estimate of drug-likeness (QED) is 0.850. The fourth-order valence-corrected chi connectivity index (χ4v) is 4.02. The number of hydrogen-bond acceptors (Lipinski definition) is 2. The van der Waals surface area contributed by atoms with Crippen molar-refractivity contribution in [3.63, 3.8) is 0 Å². The van der Waals surface area contributed by atoms with Gasteiger partial charge in [0.1, 0.15) is 11.2 Å². The van der Waals surface area contributed by atoms with Crippen LogP contribution in [0.4, 0.5) is 14.5 Å². The molecule has 2 fully saturated rings. The van der Waals surface area contributed by atoms with Crippen LogP contribution in [0.25, 0.3) is 0 Å². The molecule has 2 bridgehead atoms. The van der Waals surface area contributed by atoms with E-state index in [-0.39, 0.29) is 17.4 Å². The monoisotopic (exact) mass is 293 g/mol. The Morgan fingerprint density at radius 1 is 1.29 bits per heavy atom. The second-order valence-electron chi connectivity index (χ2n) is 6.57. The highest BCUT2D eigenvalue weighted by molar-refractivity contribution is 6.14. The number of halogens is 2. The molecule has 0 saturated heterocycles. The maximum atomic E-state index is 13.2. The summed E-state index contributed by atoms with van der Waals surface area (Å²) in [4.78, 5) is 25.0. The van der Waals surface area contributed by atoms with Gasteiger partial charge in [0.25, 0.3) is 0 Å². The van der Waals surface area contributed by atoms with Crippen LogP contribution in [0.2, 0.25) is 0 Å². The lowest BCUT2D eigenvalue weighted by atomic mass is 9.68. The van der Waals surface area contributed by atoms with Gasteiger partial charge in [-0.05, 0) is 36.3 Å². The minimum absolute atomic E-state index is 0.0381. The molecular formula is C16H17F2NO2. The van der Waals surface area contributed by atoms with E-state index >= 15 is 0 Å². The molecule has 0 radical (unpaired) electrons. The topological polar surface area (TPSA) is 46.2 Å². The van der Waals surface area contributed by atoms with E-state index in [1.54, 1.807) is 0 Å². The Bertz CT molecular complexity index is 641. The van der Waals surface area contributed by atoms with Gasteiger partial charge in [-0.15, -0.1) is 0 Å². The first-order chi connectivity index (χ1) is 9.79. The third-order valence-corrected chi connectivity index (χ3v) is 5.46. The summed E-state index contributed by atoms with van der Waals surface area (Å²) in [5, 5.41) is 2.59. The largest absolute Gasteiger partial charge is 0.325 e. The molecule has 0 spiro atoms. The Morgan fingerprint density at radius 3 is 2.52 bits per heavy atom. The van der Waals surface area contributed by atoms with E-state index in [1.165, 1.54) is 6.07 Å². The van der Waals surface area contributed by atoms with Crippen molar-refractivity contribution in [2.45, 2.75) is 33.1 Å². The van der Waals surface area contributed by atoms with Crippen LogP contribution in [0.5, 0.6) is 0 Å². The van der Waals surface area contributed by atoms with Crippen LogP contribution in [0.1, 0.15) is 33.1 Å². The Kier molecular flexibility index (Phi) is 2.94. The van der Waals surface area contributed by atoms with Gasteiger partial charge in [-0.1, -0.05) is 13.8 Å². The van der Waals surface area contributed by atoms with Gasteiger partial charge >= 0.3 is 0 Å². The molecule has 2 aliphatic carbocycles. The molecule has 1 amide bonds. The zero-order valence-electron chi connectivity index (χ0n) is 12.0. The third kappa shape index (κ3) is 1.76. The van der Waals surface area contributed by atoms with Crippen molar-refractivity contribution < 1.29 is 18.4 Å². The fraction of sp³-hybridized carbons (Fsp3) is 0.500. The van der Waals surface area contributed by atoms with E-state index in [4.69, 9.17) is 0 Å². The Balaban J connectivity index is 1.91. The van der Waals surface area contributed by atoms with Gasteiger partial charge in [0, 0.05) is 18.2 Å². The number of amides is 1. The van der Waals surface area contributed by atoms with Gasteiger partial charge in [0.2, 0.25) is 5.91 Å². The van der Waals surface area contributed by atoms with Crippen LogP contribution in [0.3, 0.4) is 0 Å². The summed E-state index contributed by atoms with van der Waals surface area (Å²) in [7, 11) is 0. The van der Waals surface area contributed by atoms with Gasteiger partial charge in [-0.2, -0.15) is 0 Å². The van der Waals surface area contributed by atoms with Crippen LogP contribution in [0.15, 0.2) is 18.2 Å². The Morgan fingerprint density at radius 2 is 2.00 bits per heavy atom. The number of benzene rings is 1. The molecule has 1 aromatic carbocycles. The molecule has 2 aliphatic rings. The number of anilines is 1. The predicted molar refractivity (Wildman–Crippen MR) is 73.5 cm³/mol. The van der Waals surface area contributed by atoms with Crippen molar-refractivity contribution >= 4 is 17.4 Å². The third-order valence-electron chi connectivity index (χ3n) is 5.46. The van der Waals surface area contributed by atoms with Crippen LogP contribution in [-0.4, -0.2) is 11.7 Å². The van der Waals surface area contributed by atoms with E-state index in [2.05, 4.69) is 5.32 Å². The van der Waals surface area contributed by atoms with Crippen molar-refractivity contribution in [1.29, 1.82) is 0 Å². The van der Waals surface area contributed by atoms with Crippen LogP contribution in [-0.2, 0) is 9.59 Å². The zero-order valence-corrected chi connectivity index (χ0v) is 12.0. The molecule has 0 aliphatic heterocycles. The second-order valence-corrected chi connectivity index (χ2v) is 6.57. The molecule has 2 saturated carbocycles. The summed E-state index contributed by atoms with van der Waals surface area (Å²) >= 11 is 0. The highest BCUT2D eigenvalue weighted by Crippen LogP contribution is 2.64. The van der Waals surface area contributed by atoms with Crippen molar-refractivity contribution in [2.24, 2.45) is 16.7 Å². The minimum atomic E-state index is -1.04. The number of hydrogen-bond donors (Lipinski definition) is 1. The highest BCUT2D eigenvalue weighted by Gasteiger charge is 2.68. The Labute approximate surface area is 121 Å².